The van der Waals surface area contributed by atoms with Crippen molar-refractivity contribution in [3.05, 3.63) is 126 Å². The van der Waals surface area contributed by atoms with Crippen LogP contribution in [0.2, 0.25) is 0 Å². The topological polar surface area (TPSA) is 37.4 Å². The van der Waals surface area contributed by atoms with Crippen LogP contribution in [0.1, 0.15) is 17.2 Å². The highest BCUT2D eigenvalue weighted by molar-refractivity contribution is 7.89. The molecule has 0 fully saturated rings. The zero-order valence-corrected chi connectivity index (χ0v) is 19.3. The normalized spacial score (nSPS) is 11.8. The predicted molar refractivity (Wildman–Crippen MR) is 137 cm³/mol. The first-order valence-electron chi connectivity index (χ1n) is 10.8. The fourth-order valence-corrected chi connectivity index (χ4v) is 5.09. The molecule has 4 aromatic carbocycles. The summed E-state index contributed by atoms with van der Waals surface area (Å²) in [7, 11) is -3.87. The van der Waals surface area contributed by atoms with Crippen LogP contribution in [-0.4, -0.2) is 19.3 Å². The van der Waals surface area contributed by atoms with Gasteiger partial charge in [-0.25, -0.2) is 8.42 Å². The number of rotatable bonds is 6. The number of benzene rings is 4. The number of terminal acetylenes is 1. The van der Waals surface area contributed by atoms with Gasteiger partial charge in [0.25, 0.3) is 0 Å². The van der Waals surface area contributed by atoms with Gasteiger partial charge in [-0.3, -0.25) is 0 Å². The molecule has 3 nitrogen and oxygen atoms in total. The van der Waals surface area contributed by atoms with Gasteiger partial charge < -0.3 is 0 Å². The Kier molecular flexibility index (Phi) is 7.25. The standard InChI is InChI=1S/C30H23NO2S/c1-2-24-31(34(32,33)29-16-10-5-11-17-29)30(28-14-8-4-9-15-28)23-20-25-18-21-27(22-19-25)26-12-6-3-7-13-26/h1,3-19,21-22,30H,24H2. The van der Waals surface area contributed by atoms with E-state index in [1.54, 1.807) is 30.3 Å². The van der Waals surface area contributed by atoms with E-state index in [9.17, 15) is 8.42 Å². The van der Waals surface area contributed by atoms with Crippen molar-refractivity contribution < 1.29 is 8.42 Å². The van der Waals surface area contributed by atoms with Crippen LogP contribution in [-0.2, 0) is 10.0 Å². The van der Waals surface area contributed by atoms with Gasteiger partial charge in [0.15, 0.2) is 0 Å². The lowest BCUT2D eigenvalue weighted by Gasteiger charge is -2.26. The molecule has 1 atom stereocenters. The summed E-state index contributed by atoms with van der Waals surface area (Å²) in [4.78, 5) is 0.181. The molecular formula is C30H23NO2S. The van der Waals surface area contributed by atoms with Gasteiger partial charge in [0.2, 0.25) is 10.0 Å². The van der Waals surface area contributed by atoms with Crippen LogP contribution >= 0.6 is 0 Å². The zero-order valence-electron chi connectivity index (χ0n) is 18.5. The van der Waals surface area contributed by atoms with Crippen molar-refractivity contribution in [3.63, 3.8) is 0 Å². The van der Waals surface area contributed by atoms with E-state index in [4.69, 9.17) is 6.42 Å². The van der Waals surface area contributed by atoms with E-state index < -0.39 is 16.1 Å². The third-order valence-electron chi connectivity index (χ3n) is 5.35. The van der Waals surface area contributed by atoms with E-state index in [2.05, 4.69) is 29.9 Å². The highest BCUT2D eigenvalue weighted by Gasteiger charge is 2.31. The molecule has 4 aromatic rings. The first kappa shape index (κ1) is 23.1. The SMILES string of the molecule is C#CCN(C(C#Cc1ccc(-c2ccccc2)cc1)c1ccccc1)S(=O)(=O)c1ccccc1. The Morgan fingerprint density at radius 1 is 0.706 bits per heavy atom. The van der Waals surface area contributed by atoms with E-state index in [0.29, 0.717) is 0 Å². The molecule has 34 heavy (non-hydrogen) atoms. The van der Waals surface area contributed by atoms with Crippen LogP contribution in [0.4, 0.5) is 0 Å². The van der Waals surface area contributed by atoms with E-state index >= 15 is 0 Å². The maximum atomic E-state index is 13.5. The Morgan fingerprint density at radius 2 is 1.24 bits per heavy atom. The lowest BCUT2D eigenvalue weighted by atomic mass is 10.0. The summed E-state index contributed by atoms with van der Waals surface area (Å²) in [5, 5.41) is 0. The Bertz CT molecular complexity index is 1430. The fraction of sp³-hybridized carbons (Fsp3) is 0.0667. The quantitative estimate of drug-likeness (QED) is 0.342. The van der Waals surface area contributed by atoms with Crippen LogP contribution in [0.25, 0.3) is 11.1 Å². The number of nitrogens with zero attached hydrogens (tertiary/aromatic N) is 1. The van der Waals surface area contributed by atoms with Gasteiger partial charge in [-0.05, 0) is 41.0 Å². The Balaban J connectivity index is 1.73. The summed E-state index contributed by atoms with van der Waals surface area (Å²) in [5.74, 6) is 8.83. The monoisotopic (exact) mass is 461 g/mol. The van der Waals surface area contributed by atoms with Gasteiger partial charge in [0, 0.05) is 5.56 Å². The predicted octanol–water partition coefficient (Wildman–Crippen LogP) is 5.77. The maximum absolute atomic E-state index is 13.5. The zero-order chi connectivity index (χ0) is 23.8. The van der Waals surface area contributed by atoms with E-state index in [1.165, 1.54) is 4.31 Å². The van der Waals surface area contributed by atoms with Crippen LogP contribution in [0.3, 0.4) is 0 Å². The molecule has 4 rings (SSSR count). The Morgan fingerprint density at radius 3 is 1.82 bits per heavy atom. The van der Waals surface area contributed by atoms with Crippen molar-refractivity contribution in [2.45, 2.75) is 10.9 Å². The van der Waals surface area contributed by atoms with Crippen molar-refractivity contribution in [3.8, 4) is 35.3 Å². The van der Waals surface area contributed by atoms with Crippen LogP contribution in [0.15, 0.2) is 120 Å². The molecule has 166 valence electrons. The van der Waals surface area contributed by atoms with Gasteiger partial charge in [-0.15, -0.1) is 6.42 Å². The molecule has 0 saturated heterocycles. The lowest BCUT2D eigenvalue weighted by Crippen LogP contribution is -2.34. The summed E-state index contributed by atoms with van der Waals surface area (Å²) >= 11 is 0. The van der Waals surface area contributed by atoms with Crippen LogP contribution in [0.5, 0.6) is 0 Å². The molecular weight excluding hydrogens is 438 g/mol. The Hall–Kier alpha value is -4.09. The summed E-state index contributed by atoms with van der Waals surface area (Å²) in [5.41, 5.74) is 3.76. The first-order chi connectivity index (χ1) is 16.6. The second-order valence-corrected chi connectivity index (χ2v) is 9.48. The van der Waals surface area contributed by atoms with E-state index in [-0.39, 0.29) is 11.4 Å². The average molecular weight is 462 g/mol. The van der Waals surface area contributed by atoms with Crippen molar-refractivity contribution in [1.29, 1.82) is 0 Å². The largest absolute Gasteiger partial charge is 0.245 e. The molecule has 0 spiro atoms. The smallest absolute Gasteiger partial charge is 0.207 e. The molecule has 0 aromatic heterocycles. The summed E-state index contributed by atoms with van der Waals surface area (Å²) in [6.45, 7) is -0.0988. The number of hydrogen-bond donors (Lipinski definition) is 0. The highest BCUT2D eigenvalue weighted by Crippen LogP contribution is 2.27. The molecule has 0 aliphatic carbocycles. The van der Waals surface area contributed by atoms with Crippen molar-refractivity contribution in [2.75, 3.05) is 6.54 Å². The van der Waals surface area contributed by atoms with Gasteiger partial charge in [0.1, 0.15) is 6.04 Å². The summed E-state index contributed by atoms with van der Waals surface area (Å²) in [6.07, 6.45) is 5.59. The van der Waals surface area contributed by atoms with Crippen molar-refractivity contribution in [2.24, 2.45) is 0 Å². The number of sulfonamides is 1. The van der Waals surface area contributed by atoms with Gasteiger partial charge in [-0.1, -0.05) is 109 Å². The minimum atomic E-state index is -3.87. The maximum Gasteiger partial charge on any atom is 0.245 e. The van der Waals surface area contributed by atoms with Crippen molar-refractivity contribution >= 4 is 10.0 Å². The molecule has 0 aliphatic rings. The molecule has 0 heterocycles. The fourth-order valence-electron chi connectivity index (χ4n) is 3.62. The second-order valence-electron chi connectivity index (χ2n) is 7.59. The molecule has 0 N–H and O–H groups in total. The molecule has 0 radical (unpaired) electrons. The van der Waals surface area contributed by atoms with Crippen LogP contribution < -0.4 is 0 Å². The van der Waals surface area contributed by atoms with Gasteiger partial charge >= 0.3 is 0 Å². The molecule has 4 heteroatoms. The van der Waals surface area contributed by atoms with Gasteiger partial charge in [0.05, 0.1) is 11.4 Å². The lowest BCUT2D eigenvalue weighted by molar-refractivity contribution is 0.410. The van der Waals surface area contributed by atoms with Gasteiger partial charge in [-0.2, -0.15) is 4.31 Å². The minimum Gasteiger partial charge on any atom is -0.207 e. The molecule has 0 amide bonds. The number of hydrogen-bond acceptors (Lipinski definition) is 2. The van der Waals surface area contributed by atoms with E-state index in [1.807, 2.05) is 72.8 Å². The van der Waals surface area contributed by atoms with Crippen molar-refractivity contribution in [1.82, 2.24) is 4.31 Å². The minimum absolute atomic E-state index is 0.0988. The summed E-state index contributed by atoms with van der Waals surface area (Å²) < 4.78 is 28.3. The third-order valence-corrected chi connectivity index (χ3v) is 7.17. The molecule has 0 aliphatic heterocycles. The van der Waals surface area contributed by atoms with Crippen LogP contribution in [0, 0.1) is 24.2 Å². The average Bonchev–Trinajstić information content (AvgIpc) is 2.90. The molecule has 1 unspecified atom stereocenters. The first-order valence-corrected chi connectivity index (χ1v) is 12.3. The second kappa shape index (κ2) is 10.7. The third kappa shape index (κ3) is 5.27. The molecule has 0 saturated carbocycles. The molecule has 0 bridgehead atoms. The highest BCUT2D eigenvalue weighted by atomic mass is 32.2. The summed E-state index contributed by atoms with van der Waals surface area (Å²) in [6, 6.07) is 34.9. The Labute approximate surface area is 201 Å². The van der Waals surface area contributed by atoms with E-state index in [0.717, 1.165) is 22.3 Å².